The van der Waals surface area contributed by atoms with Crippen molar-refractivity contribution in [3.8, 4) is 0 Å². The van der Waals surface area contributed by atoms with E-state index in [1.807, 2.05) is 11.6 Å². The maximum Gasteiger partial charge on any atom is 0.258 e. The Balaban J connectivity index is 1.60. The Labute approximate surface area is 224 Å². The maximum atomic E-state index is 13.7. The second-order valence-electron chi connectivity index (χ2n) is 9.39. The highest BCUT2D eigenvalue weighted by molar-refractivity contribution is 6.39. The van der Waals surface area contributed by atoms with E-state index in [-0.39, 0.29) is 52.3 Å². The van der Waals surface area contributed by atoms with Crippen LogP contribution in [0.15, 0.2) is 42.9 Å². The highest BCUT2D eigenvalue weighted by Gasteiger charge is 2.29. The van der Waals surface area contributed by atoms with Crippen molar-refractivity contribution in [3.05, 3.63) is 81.1 Å². The Morgan fingerprint density at radius 1 is 1.03 bits per heavy atom. The van der Waals surface area contributed by atoms with Gasteiger partial charge in [-0.05, 0) is 57.2 Å². The number of carbonyl (C=O) groups excluding carboxylic acids is 3. The molecule has 0 N–H and O–H groups in total. The number of ketones is 2. The predicted octanol–water partition coefficient (Wildman–Crippen LogP) is 5.88. The number of pyridine rings is 1. The quantitative estimate of drug-likeness (QED) is 0.330. The molecule has 0 spiro atoms. The van der Waals surface area contributed by atoms with Gasteiger partial charge in [-0.15, -0.1) is 0 Å². The molecule has 0 unspecified atom stereocenters. The van der Waals surface area contributed by atoms with Gasteiger partial charge in [-0.1, -0.05) is 35.3 Å². The van der Waals surface area contributed by atoms with Crippen LogP contribution >= 0.6 is 23.2 Å². The number of halogens is 3. The molecule has 7 nitrogen and oxygen atoms in total. The first-order chi connectivity index (χ1) is 17.7. The van der Waals surface area contributed by atoms with Crippen LogP contribution in [0.1, 0.15) is 70.6 Å². The van der Waals surface area contributed by atoms with Crippen molar-refractivity contribution in [1.29, 1.82) is 0 Å². The average Bonchev–Trinajstić information content (AvgIpc) is 3.25. The van der Waals surface area contributed by atoms with E-state index < -0.39 is 11.6 Å². The molecular weight excluding hydrogens is 518 g/mol. The Morgan fingerprint density at radius 3 is 2.24 bits per heavy atom. The molecule has 1 saturated carbocycles. The molecule has 1 aliphatic rings. The number of aromatic nitrogens is 3. The zero-order valence-corrected chi connectivity index (χ0v) is 22.1. The summed E-state index contributed by atoms with van der Waals surface area (Å²) in [5.41, 5.74) is 1.80. The zero-order chi connectivity index (χ0) is 26.7. The summed E-state index contributed by atoms with van der Waals surface area (Å²) in [6.07, 6.45) is 7.35. The van der Waals surface area contributed by atoms with E-state index in [0.29, 0.717) is 16.8 Å². The first-order valence-electron chi connectivity index (χ1n) is 12.1. The van der Waals surface area contributed by atoms with E-state index in [4.69, 9.17) is 23.2 Å². The SMILES string of the molecule is Cc1c(C(=O)N(CC(=O)c2c(Cl)cncc2Cl)Cc2ccc(F)cc2)cnn1[C@H]1CC[C@H](C(C)=O)CC1. The van der Waals surface area contributed by atoms with Crippen molar-refractivity contribution in [3.63, 3.8) is 0 Å². The van der Waals surface area contributed by atoms with Crippen LogP contribution in [-0.4, -0.2) is 43.7 Å². The summed E-state index contributed by atoms with van der Waals surface area (Å²) < 4.78 is 15.3. The lowest BCUT2D eigenvalue weighted by atomic mass is 9.84. The predicted molar refractivity (Wildman–Crippen MR) is 138 cm³/mol. The second kappa shape index (κ2) is 11.5. The van der Waals surface area contributed by atoms with Gasteiger partial charge in [-0.3, -0.25) is 24.0 Å². The van der Waals surface area contributed by atoms with Gasteiger partial charge in [0.1, 0.15) is 11.6 Å². The molecule has 0 bridgehead atoms. The number of amides is 1. The van der Waals surface area contributed by atoms with Gasteiger partial charge in [0.25, 0.3) is 5.91 Å². The molecule has 0 saturated heterocycles. The molecule has 0 atom stereocenters. The van der Waals surface area contributed by atoms with Gasteiger partial charge >= 0.3 is 0 Å². The molecule has 0 radical (unpaired) electrons. The molecule has 1 amide bonds. The van der Waals surface area contributed by atoms with Crippen molar-refractivity contribution in [2.45, 2.75) is 52.1 Å². The summed E-state index contributed by atoms with van der Waals surface area (Å²) in [5, 5.41) is 4.68. The number of carbonyl (C=O) groups is 3. The minimum absolute atomic E-state index is 0.0690. The number of hydrogen-bond donors (Lipinski definition) is 0. The van der Waals surface area contributed by atoms with Gasteiger partial charge in [-0.2, -0.15) is 5.10 Å². The Morgan fingerprint density at radius 2 is 1.65 bits per heavy atom. The fourth-order valence-corrected chi connectivity index (χ4v) is 5.41. The number of hydrogen-bond acceptors (Lipinski definition) is 5. The zero-order valence-electron chi connectivity index (χ0n) is 20.6. The van der Waals surface area contributed by atoms with Crippen molar-refractivity contribution in [2.24, 2.45) is 5.92 Å². The summed E-state index contributed by atoms with van der Waals surface area (Å²) >= 11 is 12.4. The third kappa shape index (κ3) is 6.08. The molecule has 3 aromatic rings. The number of rotatable bonds is 8. The molecule has 1 fully saturated rings. The third-order valence-corrected chi connectivity index (χ3v) is 7.51. The van der Waals surface area contributed by atoms with Crippen molar-refractivity contribution in [2.75, 3.05) is 6.54 Å². The second-order valence-corrected chi connectivity index (χ2v) is 10.2. The van der Waals surface area contributed by atoms with Gasteiger partial charge < -0.3 is 4.90 Å². The molecule has 37 heavy (non-hydrogen) atoms. The van der Waals surface area contributed by atoms with Crippen LogP contribution in [-0.2, 0) is 11.3 Å². The van der Waals surface area contributed by atoms with E-state index in [1.165, 1.54) is 35.6 Å². The van der Waals surface area contributed by atoms with Crippen molar-refractivity contribution >= 4 is 40.7 Å². The first kappa shape index (κ1) is 26.9. The lowest BCUT2D eigenvalue weighted by Crippen LogP contribution is -2.36. The number of nitrogens with zero attached hydrogens (tertiary/aromatic N) is 4. The van der Waals surface area contributed by atoms with Crippen LogP contribution in [0.2, 0.25) is 10.0 Å². The Hall–Kier alpha value is -3.10. The normalized spacial score (nSPS) is 17.4. The first-order valence-corrected chi connectivity index (χ1v) is 12.8. The summed E-state index contributed by atoms with van der Waals surface area (Å²) in [6, 6.07) is 5.83. The number of benzene rings is 1. The summed E-state index contributed by atoms with van der Waals surface area (Å²) in [7, 11) is 0. The van der Waals surface area contributed by atoms with Crippen LogP contribution < -0.4 is 0 Å². The molecule has 2 aromatic heterocycles. The van der Waals surface area contributed by atoms with Crippen molar-refractivity contribution < 1.29 is 18.8 Å². The summed E-state index contributed by atoms with van der Waals surface area (Å²) in [5.74, 6) is -0.940. The maximum absolute atomic E-state index is 13.7. The van der Waals surface area contributed by atoms with Gasteiger partial charge in [0.05, 0.1) is 40.0 Å². The average molecular weight is 545 g/mol. The van der Waals surface area contributed by atoms with E-state index in [0.717, 1.165) is 25.7 Å². The Bertz CT molecular complexity index is 1300. The monoisotopic (exact) mass is 544 g/mol. The molecule has 10 heteroatoms. The third-order valence-electron chi connectivity index (χ3n) is 6.93. The fourth-order valence-electron chi connectivity index (χ4n) is 4.84. The Kier molecular flexibility index (Phi) is 8.39. The van der Waals surface area contributed by atoms with Gasteiger partial charge in [0, 0.05) is 30.6 Å². The smallest absolute Gasteiger partial charge is 0.258 e. The van der Waals surface area contributed by atoms with Crippen LogP contribution in [0, 0.1) is 18.7 Å². The van der Waals surface area contributed by atoms with E-state index >= 15 is 0 Å². The van der Waals surface area contributed by atoms with E-state index in [9.17, 15) is 18.8 Å². The summed E-state index contributed by atoms with van der Waals surface area (Å²) in [4.78, 5) is 43.9. The van der Waals surface area contributed by atoms with Crippen LogP contribution in [0.3, 0.4) is 0 Å². The molecular formula is C27H27Cl2FN4O3. The number of Topliss-reactive ketones (excluding diaryl/α,β-unsaturated/α-hetero) is 2. The largest absolute Gasteiger partial charge is 0.327 e. The minimum atomic E-state index is -0.444. The minimum Gasteiger partial charge on any atom is -0.327 e. The van der Waals surface area contributed by atoms with Crippen LogP contribution in [0.4, 0.5) is 4.39 Å². The standard InChI is InChI=1S/C27H27Cl2FN4O3/c1-16-22(11-32-34(16)21-9-5-19(6-10-21)17(2)35)27(37)33(14-18-3-7-20(30)8-4-18)15-25(36)26-23(28)12-31-13-24(26)29/h3-4,7-8,11-13,19,21H,5-6,9-10,14-15H2,1-2H3/t19-,21-. The summed E-state index contributed by atoms with van der Waals surface area (Å²) in [6.45, 7) is 3.23. The molecule has 194 valence electrons. The van der Waals surface area contributed by atoms with Crippen LogP contribution in [0.5, 0.6) is 0 Å². The van der Waals surface area contributed by atoms with Crippen molar-refractivity contribution in [1.82, 2.24) is 19.7 Å². The lowest BCUT2D eigenvalue weighted by Gasteiger charge is -2.28. The van der Waals surface area contributed by atoms with Gasteiger partial charge in [0.2, 0.25) is 0 Å². The van der Waals surface area contributed by atoms with E-state index in [2.05, 4.69) is 10.1 Å². The fraction of sp³-hybridized carbons (Fsp3) is 0.370. The van der Waals surface area contributed by atoms with Crippen LogP contribution in [0.25, 0.3) is 0 Å². The highest BCUT2D eigenvalue weighted by atomic mass is 35.5. The molecule has 1 aromatic carbocycles. The molecule has 0 aliphatic heterocycles. The molecule has 4 rings (SSSR count). The lowest BCUT2D eigenvalue weighted by molar-refractivity contribution is -0.121. The van der Waals surface area contributed by atoms with E-state index in [1.54, 1.807) is 19.1 Å². The van der Waals surface area contributed by atoms with Gasteiger partial charge in [0.15, 0.2) is 5.78 Å². The molecule has 2 heterocycles. The van der Waals surface area contributed by atoms with Gasteiger partial charge in [-0.25, -0.2) is 4.39 Å². The molecule has 1 aliphatic carbocycles. The highest BCUT2D eigenvalue weighted by Crippen LogP contribution is 2.33. The topological polar surface area (TPSA) is 85.2 Å².